The van der Waals surface area contributed by atoms with Crippen LogP contribution in [0.25, 0.3) is 0 Å². The lowest BCUT2D eigenvalue weighted by atomic mass is 9.93. The van der Waals surface area contributed by atoms with E-state index in [1.165, 1.54) is 24.2 Å². The van der Waals surface area contributed by atoms with Crippen LogP contribution in [-0.2, 0) is 0 Å². The van der Waals surface area contributed by atoms with E-state index in [9.17, 15) is 0 Å². The van der Waals surface area contributed by atoms with E-state index in [2.05, 4.69) is 18.5 Å². The fraction of sp³-hybridized carbons (Fsp3) is 0.636. The second-order valence-electron chi connectivity index (χ2n) is 3.67. The summed E-state index contributed by atoms with van der Waals surface area (Å²) in [6, 6.07) is 0.794. The first-order valence-corrected chi connectivity index (χ1v) is 5.74. The number of hydrogen-bond donors (Lipinski definition) is 1. The van der Waals surface area contributed by atoms with Crippen LogP contribution in [0.1, 0.15) is 32.6 Å². The fourth-order valence-electron chi connectivity index (χ4n) is 1.33. The van der Waals surface area contributed by atoms with Gasteiger partial charge in [0.2, 0.25) is 0 Å². The van der Waals surface area contributed by atoms with Crippen molar-refractivity contribution in [2.24, 2.45) is 0 Å². The quantitative estimate of drug-likeness (QED) is 0.701. The van der Waals surface area contributed by atoms with E-state index in [1.807, 2.05) is 6.92 Å². The van der Waals surface area contributed by atoms with E-state index in [-0.39, 0.29) is 0 Å². The molecule has 0 aliphatic heterocycles. The molecule has 1 N–H and O–H groups in total. The summed E-state index contributed by atoms with van der Waals surface area (Å²) >= 11 is 1.70. The number of rotatable bonds is 6. The maximum atomic E-state index is 4.00. The second-order valence-corrected chi connectivity index (χ2v) is 5.15. The van der Waals surface area contributed by atoms with E-state index in [0.717, 1.165) is 23.9 Å². The SMILES string of the molecule is C=C(C)SC(=C)CCNC1CCC1. The van der Waals surface area contributed by atoms with Crippen molar-refractivity contribution in [2.75, 3.05) is 6.54 Å². The van der Waals surface area contributed by atoms with Crippen molar-refractivity contribution in [1.82, 2.24) is 5.32 Å². The van der Waals surface area contributed by atoms with Crippen molar-refractivity contribution in [3.63, 3.8) is 0 Å². The first-order valence-electron chi connectivity index (χ1n) is 4.93. The largest absolute Gasteiger partial charge is 0.314 e. The van der Waals surface area contributed by atoms with Crippen LogP contribution in [0, 0.1) is 0 Å². The van der Waals surface area contributed by atoms with E-state index < -0.39 is 0 Å². The van der Waals surface area contributed by atoms with Gasteiger partial charge in [-0.15, -0.1) is 11.8 Å². The molecule has 74 valence electrons. The maximum absolute atomic E-state index is 4.00. The third-order valence-corrected chi connectivity index (χ3v) is 3.10. The number of allylic oxidation sites excluding steroid dienone is 1. The molecule has 0 saturated heterocycles. The zero-order valence-corrected chi connectivity index (χ0v) is 9.25. The molecular weight excluding hydrogens is 178 g/mol. The minimum atomic E-state index is 0.794. The lowest BCUT2D eigenvalue weighted by Crippen LogP contribution is -2.35. The number of thioether (sulfide) groups is 1. The summed E-state index contributed by atoms with van der Waals surface area (Å²) in [4.78, 5) is 2.35. The summed E-state index contributed by atoms with van der Waals surface area (Å²) in [5.41, 5.74) is 0. The van der Waals surface area contributed by atoms with Crippen LogP contribution in [0.2, 0.25) is 0 Å². The first-order chi connectivity index (χ1) is 6.18. The predicted octanol–water partition coefficient (Wildman–Crippen LogP) is 3.30. The Morgan fingerprint density at radius 2 is 2.15 bits per heavy atom. The molecule has 0 amide bonds. The van der Waals surface area contributed by atoms with Gasteiger partial charge in [-0.1, -0.05) is 19.6 Å². The molecule has 0 bridgehead atoms. The Morgan fingerprint density at radius 1 is 1.46 bits per heavy atom. The molecule has 1 rings (SSSR count). The van der Waals surface area contributed by atoms with Gasteiger partial charge in [0.05, 0.1) is 0 Å². The number of nitrogens with one attached hydrogen (secondary N) is 1. The molecule has 1 nitrogen and oxygen atoms in total. The highest BCUT2D eigenvalue weighted by Gasteiger charge is 2.15. The van der Waals surface area contributed by atoms with Crippen LogP contribution < -0.4 is 5.32 Å². The standard InChI is InChI=1S/C11H19NS/c1-9(2)13-10(3)7-8-12-11-5-4-6-11/h11-12H,1,3-8H2,2H3. The average Bonchev–Trinajstić information content (AvgIpc) is 1.92. The molecule has 1 fully saturated rings. The molecule has 0 heterocycles. The van der Waals surface area contributed by atoms with Crippen LogP contribution in [-0.4, -0.2) is 12.6 Å². The van der Waals surface area contributed by atoms with Crippen LogP contribution in [0.3, 0.4) is 0 Å². The third-order valence-electron chi connectivity index (χ3n) is 2.26. The van der Waals surface area contributed by atoms with Crippen LogP contribution >= 0.6 is 11.8 Å². The average molecular weight is 197 g/mol. The Morgan fingerprint density at radius 3 is 2.62 bits per heavy atom. The Hall–Kier alpha value is -0.210. The minimum absolute atomic E-state index is 0.794. The molecule has 1 saturated carbocycles. The number of hydrogen-bond acceptors (Lipinski definition) is 2. The minimum Gasteiger partial charge on any atom is -0.314 e. The van der Waals surface area contributed by atoms with Crippen LogP contribution in [0.4, 0.5) is 0 Å². The monoisotopic (exact) mass is 197 g/mol. The fourth-order valence-corrected chi connectivity index (χ4v) is 2.02. The van der Waals surface area contributed by atoms with Gasteiger partial charge >= 0.3 is 0 Å². The van der Waals surface area contributed by atoms with Gasteiger partial charge in [-0.3, -0.25) is 0 Å². The van der Waals surface area contributed by atoms with Crippen molar-refractivity contribution in [2.45, 2.75) is 38.6 Å². The molecule has 0 spiro atoms. The van der Waals surface area contributed by atoms with Gasteiger partial charge in [-0.05, 0) is 42.5 Å². The summed E-state index contributed by atoms with van der Waals surface area (Å²) in [6.45, 7) is 10.9. The van der Waals surface area contributed by atoms with Crippen molar-refractivity contribution in [3.05, 3.63) is 23.0 Å². The lowest BCUT2D eigenvalue weighted by Gasteiger charge is -2.26. The van der Waals surface area contributed by atoms with Gasteiger partial charge in [0.1, 0.15) is 0 Å². The highest BCUT2D eigenvalue weighted by Crippen LogP contribution is 2.24. The molecule has 13 heavy (non-hydrogen) atoms. The Kier molecular flexibility index (Phi) is 4.60. The van der Waals surface area contributed by atoms with Gasteiger partial charge in [0, 0.05) is 6.04 Å². The molecule has 2 heteroatoms. The zero-order valence-electron chi connectivity index (χ0n) is 8.44. The Bertz CT molecular complexity index is 194. The summed E-state index contributed by atoms with van der Waals surface area (Å²) in [5, 5.41) is 3.52. The van der Waals surface area contributed by atoms with Gasteiger partial charge in [-0.25, -0.2) is 0 Å². The van der Waals surface area contributed by atoms with E-state index in [4.69, 9.17) is 0 Å². The summed E-state index contributed by atoms with van der Waals surface area (Å²) in [5.74, 6) is 0. The molecule has 0 radical (unpaired) electrons. The second kappa shape index (κ2) is 5.51. The summed E-state index contributed by atoms with van der Waals surface area (Å²) < 4.78 is 0. The summed E-state index contributed by atoms with van der Waals surface area (Å²) in [6.07, 6.45) is 5.19. The van der Waals surface area contributed by atoms with Crippen LogP contribution in [0.15, 0.2) is 23.0 Å². The van der Waals surface area contributed by atoms with Crippen molar-refractivity contribution in [3.8, 4) is 0 Å². The maximum Gasteiger partial charge on any atom is 0.00672 e. The molecule has 0 aromatic rings. The highest BCUT2D eigenvalue weighted by molar-refractivity contribution is 8.06. The molecule has 1 aliphatic rings. The molecule has 0 atom stereocenters. The van der Waals surface area contributed by atoms with E-state index in [0.29, 0.717) is 0 Å². The molecular formula is C11H19NS. The smallest absolute Gasteiger partial charge is 0.00672 e. The van der Waals surface area contributed by atoms with Gasteiger partial charge in [0.15, 0.2) is 0 Å². The molecule has 0 unspecified atom stereocenters. The van der Waals surface area contributed by atoms with E-state index >= 15 is 0 Å². The Labute approximate surface area is 85.7 Å². The normalized spacial score (nSPS) is 16.7. The van der Waals surface area contributed by atoms with Gasteiger partial charge in [-0.2, -0.15) is 0 Å². The Balaban J connectivity index is 1.97. The zero-order chi connectivity index (χ0) is 9.68. The third kappa shape index (κ3) is 4.53. The molecule has 0 aromatic heterocycles. The lowest BCUT2D eigenvalue weighted by molar-refractivity contribution is 0.342. The van der Waals surface area contributed by atoms with E-state index in [1.54, 1.807) is 11.8 Å². The topological polar surface area (TPSA) is 12.0 Å². The summed E-state index contributed by atoms with van der Waals surface area (Å²) in [7, 11) is 0. The van der Waals surface area contributed by atoms with Crippen molar-refractivity contribution >= 4 is 11.8 Å². The predicted molar refractivity (Wildman–Crippen MR) is 61.8 cm³/mol. The molecule has 1 aliphatic carbocycles. The van der Waals surface area contributed by atoms with Crippen molar-refractivity contribution < 1.29 is 0 Å². The first kappa shape index (κ1) is 10.9. The molecule has 0 aromatic carbocycles. The van der Waals surface area contributed by atoms with Crippen LogP contribution in [0.5, 0.6) is 0 Å². The van der Waals surface area contributed by atoms with Gasteiger partial charge in [0.25, 0.3) is 0 Å². The van der Waals surface area contributed by atoms with Crippen molar-refractivity contribution in [1.29, 1.82) is 0 Å². The van der Waals surface area contributed by atoms with Gasteiger partial charge < -0.3 is 5.32 Å². The highest BCUT2D eigenvalue weighted by atomic mass is 32.2.